The Hall–Kier alpha value is -2.31. The lowest BCUT2D eigenvalue weighted by Gasteiger charge is -2.08. The van der Waals surface area contributed by atoms with Crippen molar-refractivity contribution in [1.82, 2.24) is 10.3 Å². The number of amides is 2. The summed E-state index contributed by atoms with van der Waals surface area (Å²) in [6, 6.07) is 2.92. The molecule has 0 fully saturated rings. The van der Waals surface area contributed by atoms with Gasteiger partial charge in [0, 0.05) is 7.05 Å². The number of hydrogen-bond acceptors (Lipinski definition) is 5. The Bertz CT molecular complexity index is 418. The SMILES string of the molecule is CNC(=O)CNc1nc(C(N)=O)ccc1N. The van der Waals surface area contributed by atoms with E-state index in [0.717, 1.165) is 0 Å². The van der Waals surface area contributed by atoms with Crippen molar-refractivity contribution in [1.29, 1.82) is 0 Å². The number of nitrogens with two attached hydrogens (primary N) is 2. The highest BCUT2D eigenvalue weighted by Crippen LogP contribution is 2.14. The molecule has 0 saturated heterocycles. The third-order valence-corrected chi connectivity index (χ3v) is 1.87. The summed E-state index contributed by atoms with van der Waals surface area (Å²) in [6.45, 7) is 0.0237. The van der Waals surface area contributed by atoms with Crippen molar-refractivity contribution in [3.05, 3.63) is 17.8 Å². The maximum atomic E-state index is 11.0. The van der Waals surface area contributed by atoms with Crippen LogP contribution in [0, 0.1) is 0 Å². The largest absolute Gasteiger partial charge is 0.396 e. The Balaban J connectivity index is 2.82. The minimum absolute atomic E-state index is 0.0237. The van der Waals surface area contributed by atoms with E-state index in [1.165, 1.54) is 19.2 Å². The molecule has 16 heavy (non-hydrogen) atoms. The number of carbonyl (C=O) groups excluding carboxylic acids is 2. The van der Waals surface area contributed by atoms with Gasteiger partial charge in [-0.2, -0.15) is 0 Å². The predicted molar refractivity (Wildman–Crippen MR) is 59.7 cm³/mol. The molecular weight excluding hydrogens is 210 g/mol. The number of likely N-dealkylation sites (N-methyl/N-ethyl adjacent to an activating group) is 1. The van der Waals surface area contributed by atoms with Gasteiger partial charge in [0.1, 0.15) is 5.69 Å². The van der Waals surface area contributed by atoms with Crippen LogP contribution in [0.25, 0.3) is 0 Å². The van der Waals surface area contributed by atoms with Crippen molar-refractivity contribution in [3.63, 3.8) is 0 Å². The van der Waals surface area contributed by atoms with E-state index < -0.39 is 5.91 Å². The molecule has 0 aromatic carbocycles. The summed E-state index contributed by atoms with van der Waals surface area (Å²) in [6.07, 6.45) is 0. The first-order valence-electron chi connectivity index (χ1n) is 4.55. The van der Waals surface area contributed by atoms with Gasteiger partial charge in [0.15, 0.2) is 5.82 Å². The molecule has 0 bridgehead atoms. The molecule has 0 spiro atoms. The predicted octanol–water partition coefficient (Wildman–Crippen LogP) is -1.08. The van der Waals surface area contributed by atoms with Gasteiger partial charge in [-0.3, -0.25) is 9.59 Å². The zero-order valence-electron chi connectivity index (χ0n) is 8.78. The van der Waals surface area contributed by atoms with Crippen LogP contribution in [0.3, 0.4) is 0 Å². The quantitative estimate of drug-likeness (QED) is 0.517. The lowest BCUT2D eigenvalue weighted by Crippen LogP contribution is -2.27. The highest BCUT2D eigenvalue weighted by atomic mass is 16.2. The van der Waals surface area contributed by atoms with E-state index in [2.05, 4.69) is 15.6 Å². The van der Waals surface area contributed by atoms with E-state index >= 15 is 0 Å². The molecule has 1 aromatic rings. The van der Waals surface area contributed by atoms with E-state index in [4.69, 9.17) is 11.5 Å². The molecule has 0 aliphatic heterocycles. The number of primary amides is 1. The van der Waals surface area contributed by atoms with Gasteiger partial charge in [-0.05, 0) is 12.1 Å². The number of nitrogens with one attached hydrogen (secondary N) is 2. The number of anilines is 2. The minimum atomic E-state index is -0.650. The molecule has 1 aromatic heterocycles. The maximum absolute atomic E-state index is 11.0. The van der Waals surface area contributed by atoms with Gasteiger partial charge < -0.3 is 22.1 Å². The van der Waals surface area contributed by atoms with Gasteiger partial charge in [-0.1, -0.05) is 0 Å². The normalized spacial score (nSPS) is 9.56. The number of pyridine rings is 1. The molecule has 0 unspecified atom stereocenters. The van der Waals surface area contributed by atoms with E-state index in [-0.39, 0.29) is 24.0 Å². The standard InChI is InChI=1S/C9H13N5O2/c1-12-7(15)4-13-9-5(10)2-3-6(14-9)8(11)16/h2-3H,4,10H2,1H3,(H2,11,16)(H,12,15)(H,13,14). The fraction of sp³-hybridized carbons (Fsp3) is 0.222. The van der Waals surface area contributed by atoms with Crippen LogP contribution in [0.1, 0.15) is 10.5 Å². The fourth-order valence-corrected chi connectivity index (χ4v) is 1.00. The van der Waals surface area contributed by atoms with Gasteiger partial charge in [0.05, 0.1) is 12.2 Å². The summed E-state index contributed by atoms with van der Waals surface area (Å²) < 4.78 is 0. The fourth-order valence-electron chi connectivity index (χ4n) is 1.00. The van der Waals surface area contributed by atoms with Crippen molar-refractivity contribution in [2.45, 2.75) is 0 Å². The van der Waals surface area contributed by atoms with Crippen molar-refractivity contribution in [3.8, 4) is 0 Å². The zero-order chi connectivity index (χ0) is 12.1. The summed E-state index contributed by atoms with van der Waals surface area (Å²) in [7, 11) is 1.51. The van der Waals surface area contributed by atoms with Crippen LogP contribution in [0.2, 0.25) is 0 Å². The Labute approximate surface area is 92.2 Å². The second-order valence-corrected chi connectivity index (χ2v) is 3.03. The summed E-state index contributed by atoms with van der Waals surface area (Å²) in [5.74, 6) is -0.603. The third kappa shape index (κ3) is 2.84. The summed E-state index contributed by atoms with van der Waals surface area (Å²) in [5, 5.41) is 5.13. The molecule has 0 atom stereocenters. The van der Waals surface area contributed by atoms with Crippen molar-refractivity contribution in [2.75, 3.05) is 24.6 Å². The Morgan fingerprint density at radius 3 is 2.69 bits per heavy atom. The zero-order valence-corrected chi connectivity index (χ0v) is 8.78. The van der Waals surface area contributed by atoms with Crippen molar-refractivity contribution in [2.24, 2.45) is 5.73 Å². The molecule has 0 aliphatic carbocycles. The van der Waals surface area contributed by atoms with Crippen LogP contribution < -0.4 is 22.1 Å². The van der Waals surface area contributed by atoms with E-state index in [1.54, 1.807) is 0 Å². The van der Waals surface area contributed by atoms with Gasteiger partial charge >= 0.3 is 0 Å². The molecule has 7 nitrogen and oxygen atoms in total. The van der Waals surface area contributed by atoms with Crippen LogP contribution in [0.4, 0.5) is 11.5 Å². The lowest BCUT2D eigenvalue weighted by molar-refractivity contribution is -0.118. The van der Waals surface area contributed by atoms with Gasteiger partial charge in [0.25, 0.3) is 5.91 Å². The Morgan fingerprint density at radius 1 is 1.44 bits per heavy atom. The van der Waals surface area contributed by atoms with Crippen LogP contribution >= 0.6 is 0 Å². The number of rotatable bonds is 4. The topological polar surface area (TPSA) is 123 Å². The molecule has 0 saturated carbocycles. The molecule has 6 N–H and O–H groups in total. The van der Waals surface area contributed by atoms with Crippen LogP contribution in [0.15, 0.2) is 12.1 Å². The summed E-state index contributed by atoms with van der Waals surface area (Å²) in [4.78, 5) is 25.7. The Kier molecular flexibility index (Phi) is 3.65. The second kappa shape index (κ2) is 4.96. The number of carbonyl (C=O) groups is 2. The average Bonchev–Trinajstić information content (AvgIpc) is 2.27. The number of hydrogen-bond donors (Lipinski definition) is 4. The summed E-state index contributed by atoms with van der Waals surface area (Å²) in [5.41, 5.74) is 11.1. The number of aromatic nitrogens is 1. The lowest BCUT2D eigenvalue weighted by atomic mass is 10.3. The Morgan fingerprint density at radius 2 is 2.12 bits per heavy atom. The molecule has 0 aliphatic rings. The maximum Gasteiger partial charge on any atom is 0.267 e. The molecule has 1 heterocycles. The molecule has 1 rings (SSSR count). The number of nitrogens with zero attached hydrogens (tertiary/aromatic N) is 1. The van der Waals surface area contributed by atoms with Crippen LogP contribution in [-0.4, -0.2) is 30.4 Å². The van der Waals surface area contributed by atoms with Crippen molar-refractivity contribution < 1.29 is 9.59 Å². The monoisotopic (exact) mass is 223 g/mol. The molecule has 2 amide bonds. The first-order valence-corrected chi connectivity index (χ1v) is 4.55. The first kappa shape index (κ1) is 11.8. The van der Waals surface area contributed by atoms with Crippen LogP contribution in [-0.2, 0) is 4.79 Å². The van der Waals surface area contributed by atoms with E-state index in [0.29, 0.717) is 5.69 Å². The molecule has 7 heteroatoms. The third-order valence-electron chi connectivity index (χ3n) is 1.87. The minimum Gasteiger partial charge on any atom is -0.396 e. The van der Waals surface area contributed by atoms with E-state index in [1.807, 2.05) is 0 Å². The summed E-state index contributed by atoms with van der Waals surface area (Å²) >= 11 is 0. The molecular formula is C9H13N5O2. The smallest absolute Gasteiger partial charge is 0.267 e. The van der Waals surface area contributed by atoms with Crippen LogP contribution in [0.5, 0.6) is 0 Å². The molecule has 0 radical (unpaired) electrons. The second-order valence-electron chi connectivity index (χ2n) is 3.03. The average molecular weight is 223 g/mol. The molecule has 86 valence electrons. The van der Waals surface area contributed by atoms with Crippen molar-refractivity contribution >= 4 is 23.3 Å². The number of nitrogen functional groups attached to an aromatic ring is 1. The van der Waals surface area contributed by atoms with Gasteiger partial charge in [-0.25, -0.2) is 4.98 Å². The van der Waals surface area contributed by atoms with Gasteiger partial charge in [0.2, 0.25) is 5.91 Å². The first-order chi connectivity index (χ1) is 7.54. The van der Waals surface area contributed by atoms with E-state index in [9.17, 15) is 9.59 Å². The van der Waals surface area contributed by atoms with Gasteiger partial charge in [-0.15, -0.1) is 0 Å². The highest BCUT2D eigenvalue weighted by molar-refractivity contribution is 5.92. The highest BCUT2D eigenvalue weighted by Gasteiger charge is 2.07.